The lowest BCUT2D eigenvalue weighted by atomic mass is 10.0. The number of ether oxygens (including phenoxy) is 1. The van der Waals surface area contributed by atoms with Gasteiger partial charge >= 0.3 is 5.97 Å². The summed E-state index contributed by atoms with van der Waals surface area (Å²) in [5, 5.41) is 4.53. The van der Waals surface area contributed by atoms with Gasteiger partial charge in [-0.05, 0) is 42.3 Å². The predicted octanol–water partition coefficient (Wildman–Crippen LogP) is 5.25. The van der Waals surface area contributed by atoms with Crippen LogP contribution in [0.15, 0.2) is 59.3 Å². The molecule has 0 aromatic heterocycles. The third-order valence-corrected chi connectivity index (χ3v) is 4.27. The molecule has 134 valence electrons. The molecule has 2 aromatic rings. The second-order valence-corrected chi connectivity index (χ2v) is 6.44. The maximum absolute atomic E-state index is 12.0. The average Bonchev–Trinajstić information content (AvgIpc) is 3.01. The van der Waals surface area contributed by atoms with Gasteiger partial charge in [-0.3, -0.25) is 0 Å². The fourth-order valence-corrected chi connectivity index (χ4v) is 2.72. The highest BCUT2D eigenvalue weighted by Gasteiger charge is 2.26. The van der Waals surface area contributed by atoms with Crippen LogP contribution in [0, 0.1) is 0 Å². The van der Waals surface area contributed by atoms with E-state index < -0.39 is 5.97 Å². The summed E-state index contributed by atoms with van der Waals surface area (Å²) < 4.78 is 5.71. The van der Waals surface area contributed by atoms with Crippen LogP contribution in [0.1, 0.15) is 37.3 Å². The third kappa shape index (κ3) is 4.52. The molecule has 0 N–H and O–H groups in total. The first-order valence-electron chi connectivity index (χ1n) is 8.67. The Kier molecular flexibility index (Phi) is 6.08. The van der Waals surface area contributed by atoms with E-state index in [1.165, 1.54) is 12.8 Å². The van der Waals surface area contributed by atoms with Gasteiger partial charge in [-0.25, -0.2) is 4.79 Å². The summed E-state index contributed by atoms with van der Waals surface area (Å²) >= 11 is 5.92. The summed E-state index contributed by atoms with van der Waals surface area (Å²) in [5.41, 5.74) is 2.58. The van der Waals surface area contributed by atoms with E-state index in [2.05, 4.69) is 12.1 Å². The zero-order valence-electron chi connectivity index (χ0n) is 14.6. The molecule has 4 nitrogen and oxygen atoms in total. The van der Waals surface area contributed by atoms with Gasteiger partial charge in [0.25, 0.3) is 0 Å². The smallest absolute Gasteiger partial charge is 0.368 e. The first kappa shape index (κ1) is 18.2. The minimum absolute atomic E-state index is 0.420. The van der Waals surface area contributed by atoms with Crippen molar-refractivity contribution in [1.29, 1.82) is 0 Å². The van der Waals surface area contributed by atoms with Crippen LogP contribution in [-0.4, -0.2) is 18.3 Å². The molecule has 26 heavy (non-hydrogen) atoms. The normalized spacial score (nSPS) is 15.1. The van der Waals surface area contributed by atoms with Gasteiger partial charge in [0.2, 0.25) is 0 Å². The zero-order chi connectivity index (χ0) is 18.4. The Morgan fingerprint density at radius 3 is 2.50 bits per heavy atom. The number of benzene rings is 2. The zero-order valence-corrected chi connectivity index (χ0v) is 15.3. The summed E-state index contributed by atoms with van der Waals surface area (Å²) in [6, 6.07) is 14.7. The number of carbonyl (C=O) groups is 1. The monoisotopic (exact) mass is 369 g/mol. The predicted molar refractivity (Wildman–Crippen MR) is 104 cm³/mol. The highest BCUT2D eigenvalue weighted by atomic mass is 35.5. The van der Waals surface area contributed by atoms with E-state index in [9.17, 15) is 4.79 Å². The molecule has 0 bridgehead atoms. The molecule has 1 heterocycles. The molecule has 3 rings (SSSR count). The second kappa shape index (κ2) is 8.68. The Morgan fingerprint density at radius 2 is 1.81 bits per heavy atom. The van der Waals surface area contributed by atoms with Crippen molar-refractivity contribution in [3.05, 3.63) is 70.3 Å². The molecular formula is C21H20ClNO3. The molecule has 0 fully saturated rings. The van der Waals surface area contributed by atoms with Gasteiger partial charge in [0.1, 0.15) is 11.5 Å². The SMILES string of the molecule is CCCCCOc1ccc(/C=C2\C(=O)ON=C2c2ccc(Cl)cc2)cc1. The van der Waals surface area contributed by atoms with Gasteiger partial charge < -0.3 is 9.57 Å². The van der Waals surface area contributed by atoms with Gasteiger partial charge in [-0.15, -0.1) is 0 Å². The van der Waals surface area contributed by atoms with Gasteiger partial charge in [-0.1, -0.05) is 60.8 Å². The van der Waals surface area contributed by atoms with Crippen molar-refractivity contribution in [3.8, 4) is 5.75 Å². The standard InChI is InChI=1S/C21H20ClNO3/c1-2-3-4-13-25-18-11-5-15(6-12-18)14-19-20(23-26-21(19)24)16-7-9-17(22)10-8-16/h5-12,14H,2-4,13H2,1H3/b19-14-. The summed E-state index contributed by atoms with van der Waals surface area (Å²) in [4.78, 5) is 16.9. The van der Waals surface area contributed by atoms with Crippen LogP contribution in [0.25, 0.3) is 6.08 Å². The van der Waals surface area contributed by atoms with Crippen molar-refractivity contribution in [1.82, 2.24) is 0 Å². The molecule has 0 amide bonds. The van der Waals surface area contributed by atoms with Gasteiger partial charge in [-0.2, -0.15) is 0 Å². The Labute approximate surface area is 158 Å². The van der Waals surface area contributed by atoms with Crippen LogP contribution in [0.4, 0.5) is 0 Å². The maximum Gasteiger partial charge on any atom is 0.368 e. The highest BCUT2D eigenvalue weighted by Crippen LogP contribution is 2.23. The van der Waals surface area contributed by atoms with E-state index in [1.807, 2.05) is 36.4 Å². The van der Waals surface area contributed by atoms with Gasteiger partial charge in [0, 0.05) is 10.6 Å². The van der Waals surface area contributed by atoms with Crippen molar-refractivity contribution in [3.63, 3.8) is 0 Å². The molecular weight excluding hydrogens is 350 g/mol. The van der Waals surface area contributed by atoms with Gasteiger partial charge in [0.05, 0.1) is 12.2 Å². The summed E-state index contributed by atoms with van der Waals surface area (Å²) in [5.74, 6) is 0.360. The fraction of sp³-hybridized carbons (Fsp3) is 0.238. The van der Waals surface area contributed by atoms with Crippen molar-refractivity contribution >= 4 is 29.4 Å². The lowest BCUT2D eigenvalue weighted by Gasteiger charge is -2.06. The highest BCUT2D eigenvalue weighted by molar-refractivity contribution is 6.32. The van der Waals surface area contributed by atoms with Gasteiger partial charge in [0.15, 0.2) is 0 Å². The quantitative estimate of drug-likeness (QED) is 0.380. The number of nitrogens with zero attached hydrogens (tertiary/aromatic N) is 1. The maximum atomic E-state index is 12.0. The van der Waals surface area contributed by atoms with E-state index >= 15 is 0 Å². The van der Waals surface area contributed by atoms with E-state index in [0.717, 1.165) is 23.3 Å². The van der Waals surface area contributed by atoms with Crippen molar-refractivity contribution in [2.24, 2.45) is 5.16 Å². The first-order valence-corrected chi connectivity index (χ1v) is 9.05. The van der Waals surface area contributed by atoms with Crippen molar-refractivity contribution < 1.29 is 14.4 Å². The van der Waals surface area contributed by atoms with E-state index in [1.54, 1.807) is 18.2 Å². The summed E-state index contributed by atoms with van der Waals surface area (Å²) in [7, 11) is 0. The van der Waals surface area contributed by atoms with E-state index in [-0.39, 0.29) is 0 Å². The number of halogens is 1. The number of hydrogen-bond acceptors (Lipinski definition) is 4. The molecule has 5 heteroatoms. The number of rotatable bonds is 7. The molecule has 2 aromatic carbocycles. The summed E-state index contributed by atoms with van der Waals surface area (Å²) in [6.07, 6.45) is 5.15. The average molecular weight is 370 g/mol. The number of oxime groups is 1. The van der Waals surface area contributed by atoms with Crippen LogP contribution >= 0.6 is 11.6 Å². The molecule has 0 saturated carbocycles. The molecule has 0 atom stereocenters. The Bertz CT molecular complexity index is 823. The van der Waals surface area contributed by atoms with Crippen LogP contribution < -0.4 is 4.74 Å². The van der Waals surface area contributed by atoms with Crippen LogP contribution in [0.5, 0.6) is 5.75 Å². The van der Waals surface area contributed by atoms with Crippen molar-refractivity contribution in [2.45, 2.75) is 26.2 Å². The van der Waals surface area contributed by atoms with Crippen molar-refractivity contribution in [2.75, 3.05) is 6.61 Å². The molecule has 0 radical (unpaired) electrons. The largest absolute Gasteiger partial charge is 0.494 e. The Morgan fingerprint density at radius 1 is 1.08 bits per heavy atom. The number of carbonyl (C=O) groups excluding carboxylic acids is 1. The third-order valence-electron chi connectivity index (χ3n) is 4.02. The molecule has 1 aliphatic rings. The first-order chi connectivity index (χ1) is 12.7. The Balaban J connectivity index is 1.74. The topological polar surface area (TPSA) is 47.9 Å². The second-order valence-electron chi connectivity index (χ2n) is 6.01. The Hall–Kier alpha value is -2.59. The lowest BCUT2D eigenvalue weighted by Crippen LogP contribution is -2.06. The number of unbranched alkanes of at least 4 members (excludes halogenated alkanes) is 2. The number of hydrogen-bond donors (Lipinski definition) is 0. The van der Waals surface area contributed by atoms with Crippen LogP contribution in [0.3, 0.4) is 0 Å². The molecule has 0 saturated heterocycles. The van der Waals surface area contributed by atoms with Crippen LogP contribution in [-0.2, 0) is 9.63 Å². The minimum atomic E-state index is -0.463. The van der Waals surface area contributed by atoms with E-state index in [0.29, 0.717) is 22.9 Å². The fourth-order valence-electron chi connectivity index (χ4n) is 2.59. The lowest BCUT2D eigenvalue weighted by molar-refractivity contribution is -0.136. The minimum Gasteiger partial charge on any atom is -0.494 e. The molecule has 0 aliphatic carbocycles. The van der Waals surface area contributed by atoms with E-state index in [4.69, 9.17) is 21.2 Å². The molecule has 0 unspecified atom stereocenters. The van der Waals surface area contributed by atoms with Crippen LogP contribution in [0.2, 0.25) is 5.02 Å². The molecule has 0 spiro atoms. The summed E-state index contributed by atoms with van der Waals surface area (Å²) in [6.45, 7) is 2.88. The molecule has 1 aliphatic heterocycles.